The molecule has 0 spiro atoms. The average Bonchev–Trinajstić information content (AvgIpc) is 3.39. The third-order valence-corrected chi connectivity index (χ3v) is 7.34. The number of nitrogens with one attached hydrogen (secondary N) is 1. The third kappa shape index (κ3) is 5.79. The van der Waals surface area contributed by atoms with Gasteiger partial charge in [-0.3, -0.25) is 0 Å². The van der Waals surface area contributed by atoms with Gasteiger partial charge in [-0.15, -0.1) is 8.78 Å². The topological polar surface area (TPSA) is 33.7 Å². The van der Waals surface area contributed by atoms with Crippen molar-refractivity contribution in [1.82, 2.24) is 5.32 Å². The first-order valence-electron chi connectivity index (χ1n) is 12.5. The predicted molar refractivity (Wildman–Crippen MR) is 122 cm³/mol. The molecule has 0 unspecified atom stereocenters. The minimum absolute atomic E-state index is 0.0895. The Labute approximate surface area is 213 Å². The van der Waals surface area contributed by atoms with E-state index in [0.717, 1.165) is 32.2 Å². The van der Waals surface area contributed by atoms with Crippen LogP contribution in [0.25, 0.3) is 0 Å². The van der Waals surface area contributed by atoms with Gasteiger partial charge in [-0.25, -0.2) is 0 Å². The van der Waals surface area contributed by atoms with Crippen molar-refractivity contribution in [3.8, 4) is 11.5 Å². The van der Waals surface area contributed by atoms with Gasteiger partial charge >= 0.3 is 18.6 Å². The number of benzene rings is 2. The second-order valence-corrected chi connectivity index (χ2v) is 10.1. The Morgan fingerprint density at radius 3 is 2.03 bits per heavy atom. The zero-order chi connectivity index (χ0) is 27.3. The molecule has 1 aliphatic carbocycles. The van der Waals surface area contributed by atoms with E-state index in [1.807, 2.05) is 0 Å². The highest BCUT2D eigenvalue weighted by Gasteiger charge is 2.45. The summed E-state index contributed by atoms with van der Waals surface area (Å²) in [5.74, 6) is 0.172. The second-order valence-electron chi connectivity index (χ2n) is 10.1. The van der Waals surface area contributed by atoms with Gasteiger partial charge in [0.25, 0.3) is 0 Å². The van der Waals surface area contributed by atoms with E-state index in [2.05, 4.69) is 19.7 Å². The van der Waals surface area contributed by atoms with Gasteiger partial charge in [0.2, 0.25) is 0 Å². The van der Waals surface area contributed by atoms with E-state index in [0.29, 0.717) is 48.7 Å². The molecule has 2 aliphatic heterocycles. The lowest BCUT2D eigenvalue weighted by Crippen LogP contribution is -2.29. The number of hydrogen-bond donors (Lipinski definition) is 1. The highest BCUT2D eigenvalue weighted by Crippen LogP contribution is 2.48. The molecule has 1 saturated carbocycles. The standard InChI is InChI=1S/C26H26F8N2O2/c27-24(28,29)17-8-16(9-18(10-17)25(30,31)32)13-35-20-6-3-7-36(14-15-4-1-2-5-15)21-12-23-22(11-19(20)21)37-26(33,34)38-23/h8-12,15,20,35H,1-7,13-14H2/t20-/m0/s1. The first-order chi connectivity index (χ1) is 17.8. The van der Waals surface area contributed by atoms with Gasteiger partial charge in [0.1, 0.15) is 0 Å². The number of rotatable bonds is 5. The molecule has 0 saturated heterocycles. The van der Waals surface area contributed by atoms with Crippen LogP contribution in [0.2, 0.25) is 0 Å². The molecular weight excluding hydrogens is 524 g/mol. The molecule has 208 valence electrons. The van der Waals surface area contributed by atoms with Crippen LogP contribution in [0.15, 0.2) is 30.3 Å². The van der Waals surface area contributed by atoms with Gasteiger partial charge in [-0.05, 0) is 67.0 Å². The molecule has 1 fully saturated rings. The van der Waals surface area contributed by atoms with Crippen LogP contribution in [0.3, 0.4) is 0 Å². The molecule has 38 heavy (non-hydrogen) atoms. The number of fused-ring (bicyclic) bond motifs is 2. The average molecular weight is 550 g/mol. The predicted octanol–water partition coefficient (Wildman–Crippen LogP) is 7.67. The van der Waals surface area contributed by atoms with Crippen LogP contribution in [0.5, 0.6) is 11.5 Å². The van der Waals surface area contributed by atoms with Crippen molar-refractivity contribution in [2.45, 2.75) is 69.8 Å². The van der Waals surface area contributed by atoms with Crippen molar-refractivity contribution in [2.75, 3.05) is 18.0 Å². The van der Waals surface area contributed by atoms with E-state index < -0.39 is 35.8 Å². The maximum Gasteiger partial charge on any atom is 0.586 e. The molecule has 0 amide bonds. The van der Waals surface area contributed by atoms with Gasteiger partial charge in [0.05, 0.1) is 11.1 Å². The quantitative estimate of drug-likeness (QED) is 0.388. The summed E-state index contributed by atoms with van der Waals surface area (Å²) < 4.78 is 117. The van der Waals surface area contributed by atoms with E-state index in [9.17, 15) is 35.1 Å². The van der Waals surface area contributed by atoms with Crippen LogP contribution in [0, 0.1) is 5.92 Å². The van der Waals surface area contributed by atoms with Crippen LogP contribution >= 0.6 is 0 Å². The number of ether oxygens (including phenoxy) is 2. The summed E-state index contributed by atoms with van der Waals surface area (Å²) in [5.41, 5.74) is -1.74. The summed E-state index contributed by atoms with van der Waals surface area (Å²) in [6.45, 7) is 1.06. The highest BCUT2D eigenvalue weighted by molar-refractivity contribution is 5.64. The third-order valence-electron chi connectivity index (χ3n) is 7.34. The van der Waals surface area contributed by atoms with Gasteiger partial charge < -0.3 is 19.7 Å². The molecule has 1 N–H and O–H groups in total. The minimum atomic E-state index is -4.95. The SMILES string of the molecule is FC1(F)Oc2cc3c(cc2O1)N(CC1CCCC1)CCC[C@@H]3NCc1cc(C(F)(F)F)cc(C(F)(F)F)c1. The minimum Gasteiger partial charge on any atom is -0.395 e. The molecule has 5 rings (SSSR count). The molecule has 0 aromatic heterocycles. The molecule has 0 bridgehead atoms. The van der Waals surface area contributed by atoms with Crippen LogP contribution in [0.4, 0.5) is 40.8 Å². The van der Waals surface area contributed by atoms with Crippen molar-refractivity contribution in [1.29, 1.82) is 0 Å². The number of alkyl halides is 8. The number of halogens is 8. The van der Waals surface area contributed by atoms with Crippen LogP contribution in [-0.4, -0.2) is 19.4 Å². The Kier molecular flexibility index (Phi) is 6.90. The van der Waals surface area contributed by atoms with E-state index in [4.69, 9.17) is 0 Å². The summed E-state index contributed by atoms with van der Waals surface area (Å²) in [6.07, 6.45) is -8.18. The van der Waals surface area contributed by atoms with Crippen molar-refractivity contribution >= 4 is 5.69 Å². The monoisotopic (exact) mass is 550 g/mol. The summed E-state index contributed by atoms with van der Waals surface area (Å²) in [6, 6.07) is 3.87. The lowest BCUT2D eigenvalue weighted by Gasteiger charge is -2.29. The van der Waals surface area contributed by atoms with Crippen molar-refractivity contribution in [3.05, 3.63) is 52.6 Å². The highest BCUT2D eigenvalue weighted by atomic mass is 19.4. The van der Waals surface area contributed by atoms with E-state index >= 15 is 0 Å². The van der Waals surface area contributed by atoms with Crippen molar-refractivity contribution < 1.29 is 44.6 Å². The second kappa shape index (κ2) is 9.77. The molecule has 4 nitrogen and oxygen atoms in total. The normalized spacial score (nSPS) is 21.5. The van der Waals surface area contributed by atoms with E-state index in [1.54, 1.807) is 0 Å². The van der Waals surface area contributed by atoms with Crippen LogP contribution in [0.1, 0.15) is 66.8 Å². The molecule has 2 heterocycles. The number of anilines is 1. The zero-order valence-corrected chi connectivity index (χ0v) is 20.2. The first kappa shape index (κ1) is 26.8. The van der Waals surface area contributed by atoms with Gasteiger partial charge in [0, 0.05) is 37.4 Å². The van der Waals surface area contributed by atoms with Crippen LogP contribution < -0.4 is 19.7 Å². The summed E-state index contributed by atoms with van der Waals surface area (Å²) in [4.78, 5) is 2.11. The van der Waals surface area contributed by atoms with Crippen LogP contribution in [-0.2, 0) is 18.9 Å². The van der Waals surface area contributed by atoms with E-state index in [1.165, 1.54) is 12.1 Å². The van der Waals surface area contributed by atoms with Gasteiger partial charge in [0.15, 0.2) is 11.5 Å². The van der Waals surface area contributed by atoms with Gasteiger partial charge in [-0.2, -0.15) is 26.3 Å². The molecule has 2 aromatic rings. The summed E-state index contributed by atoms with van der Waals surface area (Å²) in [7, 11) is 0. The van der Waals surface area contributed by atoms with E-state index in [-0.39, 0.29) is 29.7 Å². The Bertz CT molecular complexity index is 1140. The molecule has 1 atom stereocenters. The fourth-order valence-corrected chi connectivity index (χ4v) is 5.59. The number of hydrogen-bond acceptors (Lipinski definition) is 4. The summed E-state index contributed by atoms with van der Waals surface area (Å²) in [5, 5.41) is 3.07. The smallest absolute Gasteiger partial charge is 0.395 e. The largest absolute Gasteiger partial charge is 0.586 e. The van der Waals surface area contributed by atoms with Gasteiger partial charge in [-0.1, -0.05) is 12.8 Å². The maximum atomic E-state index is 13.8. The number of nitrogens with zero attached hydrogens (tertiary/aromatic N) is 1. The molecule has 2 aromatic carbocycles. The van der Waals surface area contributed by atoms with Crippen molar-refractivity contribution in [3.63, 3.8) is 0 Å². The van der Waals surface area contributed by atoms with Crippen molar-refractivity contribution in [2.24, 2.45) is 5.92 Å². The fourth-order valence-electron chi connectivity index (χ4n) is 5.59. The fraction of sp³-hybridized carbons (Fsp3) is 0.538. The summed E-state index contributed by atoms with van der Waals surface area (Å²) >= 11 is 0. The molecule has 12 heteroatoms. The molecule has 3 aliphatic rings. The Morgan fingerprint density at radius 1 is 0.816 bits per heavy atom. The lowest BCUT2D eigenvalue weighted by atomic mass is 9.99. The molecule has 0 radical (unpaired) electrons. The Hall–Kier alpha value is -2.76. The zero-order valence-electron chi connectivity index (χ0n) is 20.2. The lowest BCUT2D eigenvalue weighted by molar-refractivity contribution is -0.286. The Balaban J connectivity index is 1.45. The maximum absolute atomic E-state index is 13.8. The molecular formula is C26H26F8N2O2. The first-order valence-corrected chi connectivity index (χ1v) is 12.5. The Morgan fingerprint density at radius 2 is 1.42 bits per heavy atom.